The van der Waals surface area contributed by atoms with E-state index in [1.165, 1.54) is 49.2 Å². The van der Waals surface area contributed by atoms with Crippen LogP contribution >= 0.6 is 0 Å². The lowest BCUT2D eigenvalue weighted by Gasteiger charge is -2.12. The molecule has 30 heavy (non-hydrogen) atoms. The van der Waals surface area contributed by atoms with Crippen molar-refractivity contribution in [2.24, 2.45) is 0 Å². The van der Waals surface area contributed by atoms with Gasteiger partial charge < -0.3 is 19.4 Å². The van der Waals surface area contributed by atoms with E-state index in [0.717, 1.165) is 0 Å². The van der Waals surface area contributed by atoms with E-state index in [2.05, 4.69) is 5.32 Å². The van der Waals surface area contributed by atoms with Gasteiger partial charge in [0.05, 0.1) is 36.9 Å². The van der Waals surface area contributed by atoms with Crippen LogP contribution in [-0.2, 0) is 6.54 Å². The number of benzene rings is 2. The maximum absolute atomic E-state index is 12.7. The number of nitrogens with zero attached hydrogens (tertiary/aromatic N) is 2. The van der Waals surface area contributed by atoms with Crippen LogP contribution in [0.2, 0.25) is 0 Å². The molecule has 0 spiro atoms. The molecule has 3 rings (SSSR count). The smallest absolute Gasteiger partial charge is 0.269 e. The summed E-state index contributed by atoms with van der Waals surface area (Å²) in [7, 11) is 3.00. The van der Waals surface area contributed by atoms with Gasteiger partial charge in [-0.25, -0.2) is 0 Å². The molecule has 2 aromatic carbocycles. The second-order valence-electron chi connectivity index (χ2n) is 6.33. The number of carbonyl (C=O) groups excluding carboxylic acids is 1. The Balaban J connectivity index is 1.84. The van der Waals surface area contributed by atoms with Crippen molar-refractivity contribution in [3.63, 3.8) is 0 Å². The molecule has 0 atom stereocenters. The molecular weight excluding hydrogens is 390 g/mol. The van der Waals surface area contributed by atoms with Gasteiger partial charge in [0, 0.05) is 30.5 Å². The highest BCUT2D eigenvalue weighted by atomic mass is 16.6. The third kappa shape index (κ3) is 4.64. The SMILES string of the molecule is COc1ccc(NC(=O)c2ccc(=O)n(Cc3cccc([N+](=O)[O-])c3)c2)c(OC)c1. The quantitative estimate of drug-likeness (QED) is 0.474. The van der Waals surface area contributed by atoms with Crippen molar-refractivity contribution >= 4 is 17.3 Å². The molecule has 1 heterocycles. The third-order valence-electron chi connectivity index (χ3n) is 4.38. The monoisotopic (exact) mass is 409 g/mol. The number of pyridine rings is 1. The normalized spacial score (nSPS) is 10.3. The molecule has 0 saturated heterocycles. The predicted molar refractivity (Wildman–Crippen MR) is 110 cm³/mol. The molecule has 9 heteroatoms. The molecular formula is C21H19N3O6. The summed E-state index contributed by atoms with van der Waals surface area (Å²) in [6.07, 6.45) is 1.41. The zero-order valence-corrected chi connectivity index (χ0v) is 16.3. The molecule has 0 fully saturated rings. The Morgan fingerprint density at radius 2 is 1.90 bits per heavy atom. The lowest BCUT2D eigenvalue weighted by molar-refractivity contribution is -0.384. The first-order valence-corrected chi connectivity index (χ1v) is 8.88. The maximum atomic E-state index is 12.7. The Bertz CT molecular complexity index is 1160. The minimum Gasteiger partial charge on any atom is -0.497 e. The third-order valence-corrected chi connectivity index (χ3v) is 4.38. The number of non-ortho nitro benzene ring substituents is 1. The Labute approximate surface area is 171 Å². The number of nitro benzene ring substituents is 1. The number of ether oxygens (including phenoxy) is 2. The summed E-state index contributed by atoms with van der Waals surface area (Å²) in [5.41, 5.74) is 0.861. The van der Waals surface area contributed by atoms with Crippen molar-refractivity contribution in [3.05, 3.63) is 92.4 Å². The number of nitrogens with one attached hydrogen (secondary N) is 1. The fourth-order valence-corrected chi connectivity index (χ4v) is 2.85. The van der Waals surface area contributed by atoms with Crippen molar-refractivity contribution in [3.8, 4) is 11.5 Å². The van der Waals surface area contributed by atoms with Crippen molar-refractivity contribution in [2.75, 3.05) is 19.5 Å². The Morgan fingerprint density at radius 3 is 2.60 bits per heavy atom. The lowest BCUT2D eigenvalue weighted by atomic mass is 10.2. The molecule has 0 unspecified atom stereocenters. The van der Waals surface area contributed by atoms with E-state index >= 15 is 0 Å². The summed E-state index contributed by atoms with van der Waals surface area (Å²) in [4.78, 5) is 35.3. The zero-order chi connectivity index (χ0) is 21.7. The first kappa shape index (κ1) is 20.6. The van der Waals surface area contributed by atoms with Crippen molar-refractivity contribution < 1.29 is 19.2 Å². The molecule has 1 aromatic heterocycles. The number of methoxy groups -OCH3 is 2. The molecule has 1 amide bonds. The highest BCUT2D eigenvalue weighted by Gasteiger charge is 2.13. The van der Waals surface area contributed by atoms with Gasteiger partial charge in [0.1, 0.15) is 11.5 Å². The lowest BCUT2D eigenvalue weighted by Crippen LogP contribution is -2.22. The maximum Gasteiger partial charge on any atom is 0.269 e. The van der Waals surface area contributed by atoms with Crippen LogP contribution < -0.4 is 20.3 Å². The molecule has 3 aromatic rings. The van der Waals surface area contributed by atoms with Gasteiger partial charge in [-0.05, 0) is 23.8 Å². The van der Waals surface area contributed by atoms with Gasteiger partial charge in [-0.3, -0.25) is 19.7 Å². The van der Waals surface area contributed by atoms with Crippen LogP contribution in [0, 0.1) is 10.1 Å². The number of rotatable bonds is 7. The first-order valence-electron chi connectivity index (χ1n) is 8.88. The van der Waals surface area contributed by atoms with Crippen LogP contribution in [0.4, 0.5) is 11.4 Å². The van der Waals surface area contributed by atoms with Gasteiger partial charge in [0.15, 0.2) is 0 Å². The van der Waals surface area contributed by atoms with E-state index in [0.29, 0.717) is 22.7 Å². The number of hydrogen-bond acceptors (Lipinski definition) is 6. The summed E-state index contributed by atoms with van der Waals surface area (Å²) in [6, 6.07) is 13.6. The van der Waals surface area contributed by atoms with Gasteiger partial charge in [0.2, 0.25) is 0 Å². The van der Waals surface area contributed by atoms with Crippen LogP contribution in [-0.4, -0.2) is 29.6 Å². The Morgan fingerprint density at radius 1 is 1.10 bits per heavy atom. The van der Waals surface area contributed by atoms with Gasteiger partial charge in [0.25, 0.3) is 17.2 Å². The second-order valence-corrected chi connectivity index (χ2v) is 6.33. The molecule has 0 aliphatic heterocycles. The summed E-state index contributed by atoms with van der Waals surface area (Å²) in [5, 5.41) is 13.7. The fraction of sp³-hybridized carbons (Fsp3) is 0.143. The summed E-state index contributed by atoms with van der Waals surface area (Å²) >= 11 is 0. The average molecular weight is 409 g/mol. The molecule has 0 saturated carbocycles. The summed E-state index contributed by atoms with van der Waals surface area (Å²) < 4.78 is 11.7. The predicted octanol–water partition coefficient (Wildman–Crippen LogP) is 3.07. The number of amides is 1. The molecule has 0 radical (unpaired) electrons. The molecule has 154 valence electrons. The largest absolute Gasteiger partial charge is 0.497 e. The van der Waals surface area contributed by atoms with Crippen LogP contribution in [0.25, 0.3) is 0 Å². The van der Waals surface area contributed by atoms with Crippen LogP contribution in [0.5, 0.6) is 11.5 Å². The van der Waals surface area contributed by atoms with E-state index in [4.69, 9.17) is 9.47 Å². The van der Waals surface area contributed by atoms with Crippen LogP contribution in [0.3, 0.4) is 0 Å². The highest BCUT2D eigenvalue weighted by Crippen LogP contribution is 2.29. The molecule has 0 aliphatic carbocycles. The van der Waals surface area contributed by atoms with E-state index in [9.17, 15) is 19.7 Å². The van der Waals surface area contributed by atoms with E-state index in [1.54, 1.807) is 30.3 Å². The standard InChI is InChI=1S/C21H19N3O6/c1-29-17-7-8-18(19(11-17)30-2)22-21(26)15-6-9-20(25)23(13-15)12-14-4-3-5-16(10-14)24(27)28/h3-11,13H,12H2,1-2H3,(H,22,26). The summed E-state index contributed by atoms with van der Waals surface area (Å²) in [5.74, 6) is 0.564. The topological polar surface area (TPSA) is 113 Å². The van der Waals surface area contributed by atoms with Gasteiger partial charge in [-0.15, -0.1) is 0 Å². The molecule has 0 aliphatic rings. The zero-order valence-electron chi connectivity index (χ0n) is 16.3. The minimum atomic E-state index is -0.502. The Hall–Kier alpha value is -4.14. The van der Waals surface area contributed by atoms with Gasteiger partial charge >= 0.3 is 0 Å². The van der Waals surface area contributed by atoms with Crippen molar-refractivity contribution in [1.82, 2.24) is 4.57 Å². The number of hydrogen-bond donors (Lipinski definition) is 1. The van der Waals surface area contributed by atoms with Gasteiger partial charge in [-0.1, -0.05) is 12.1 Å². The van der Waals surface area contributed by atoms with E-state index in [1.807, 2.05) is 0 Å². The van der Waals surface area contributed by atoms with Crippen LogP contribution in [0.1, 0.15) is 15.9 Å². The number of anilines is 1. The van der Waals surface area contributed by atoms with Crippen molar-refractivity contribution in [2.45, 2.75) is 6.54 Å². The average Bonchev–Trinajstić information content (AvgIpc) is 2.75. The van der Waals surface area contributed by atoms with E-state index in [-0.39, 0.29) is 23.4 Å². The second kappa shape index (κ2) is 8.91. The molecule has 1 N–H and O–H groups in total. The molecule has 0 bridgehead atoms. The van der Waals surface area contributed by atoms with Crippen LogP contribution in [0.15, 0.2) is 65.6 Å². The van der Waals surface area contributed by atoms with Gasteiger partial charge in [-0.2, -0.15) is 0 Å². The number of carbonyl (C=O) groups is 1. The Kier molecular flexibility index (Phi) is 6.11. The first-order chi connectivity index (χ1) is 14.4. The number of nitro groups is 1. The fourth-order valence-electron chi connectivity index (χ4n) is 2.85. The minimum absolute atomic E-state index is 0.0685. The van der Waals surface area contributed by atoms with Crippen molar-refractivity contribution in [1.29, 1.82) is 0 Å². The summed E-state index contributed by atoms with van der Waals surface area (Å²) in [6.45, 7) is 0.0908. The molecule has 9 nitrogen and oxygen atoms in total. The number of aromatic nitrogens is 1. The van der Waals surface area contributed by atoms with E-state index < -0.39 is 10.8 Å². The highest BCUT2D eigenvalue weighted by molar-refractivity contribution is 6.04.